The predicted molar refractivity (Wildman–Crippen MR) is 156 cm³/mol. The molecule has 43 heavy (non-hydrogen) atoms. The molecule has 6 rings (SSSR count). The van der Waals surface area contributed by atoms with E-state index in [1.807, 2.05) is 36.4 Å². The number of carbonyl (C=O) groups is 4. The topological polar surface area (TPSA) is 125 Å². The fourth-order valence-corrected chi connectivity index (χ4v) is 5.99. The second-order valence-corrected chi connectivity index (χ2v) is 11.2. The van der Waals surface area contributed by atoms with E-state index in [1.54, 1.807) is 23.1 Å². The number of piperidine rings is 2. The molecule has 3 amide bonds. The Morgan fingerprint density at radius 1 is 0.907 bits per heavy atom. The molecule has 0 spiro atoms. The van der Waals surface area contributed by atoms with Crippen molar-refractivity contribution in [3.8, 4) is 17.2 Å². The minimum absolute atomic E-state index is 0.193. The quantitative estimate of drug-likeness (QED) is 0.356. The molecule has 2 N–H and O–H groups in total. The molecule has 1 unspecified atom stereocenters. The number of hydrogen-bond donors (Lipinski definition) is 2. The van der Waals surface area contributed by atoms with Gasteiger partial charge in [0.1, 0.15) is 29.9 Å². The Balaban J connectivity index is 1.04. The number of benzene rings is 3. The highest BCUT2D eigenvalue weighted by atomic mass is 16.5. The molecule has 0 radical (unpaired) electrons. The molecule has 3 aliphatic rings. The van der Waals surface area contributed by atoms with E-state index >= 15 is 0 Å². The molecule has 3 aliphatic heterocycles. The molecule has 0 saturated carbocycles. The maximum Gasteiger partial charge on any atom is 0.335 e. The van der Waals surface area contributed by atoms with Gasteiger partial charge in [0, 0.05) is 31.1 Å². The maximum absolute atomic E-state index is 13.0. The summed E-state index contributed by atoms with van der Waals surface area (Å²) in [5.74, 6) is 0.0652. The standard InChI is InChI=1S/C33H33N3O7/c37-30-15-14-29(31(38)34-30)36-19-23-17-27(12-13-28(23)32(36)39)42-20-24-3-1-2-16-35(24)18-21-4-8-25(9-5-21)43-26-10-6-22(7-11-26)33(40)41/h4-13,17,24,29H,1-3,14-16,18-20H2,(H,40,41)(H,34,37,38)/t24-,29?/m1/s1. The van der Waals surface area contributed by atoms with Crippen LogP contribution in [0.1, 0.15) is 63.9 Å². The van der Waals surface area contributed by atoms with Crippen LogP contribution >= 0.6 is 0 Å². The van der Waals surface area contributed by atoms with Crippen LogP contribution in [0.5, 0.6) is 17.2 Å². The number of imide groups is 1. The second kappa shape index (κ2) is 12.3. The molecule has 2 saturated heterocycles. The highest BCUT2D eigenvalue weighted by Crippen LogP contribution is 2.31. The van der Waals surface area contributed by atoms with Crippen molar-refractivity contribution < 1.29 is 33.8 Å². The summed E-state index contributed by atoms with van der Waals surface area (Å²) in [6.07, 6.45) is 3.85. The van der Waals surface area contributed by atoms with Crippen molar-refractivity contribution in [1.82, 2.24) is 15.1 Å². The molecule has 0 aliphatic carbocycles. The molecule has 2 fully saturated rings. The maximum atomic E-state index is 13.0. The minimum atomic E-state index is -0.973. The number of ether oxygens (including phenoxy) is 2. The summed E-state index contributed by atoms with van der Waals surface area (Å²) in [5.41, 5.74) is 2.77. The third kappa shape index (κ3) is 6.39. The number of nitrogens with one attached hydrogen (secondary N) is 1. The number of carbonyl (C=O) groups excluding carboxylic acids is 3. The van der Waals surface area contributed by atoms with E-state index in [0.717, 1.165) is 43.5 Å². The lowest BCUT2D eigenvalue weighted by Gasteiger charge is -2.35. The Hall–Kier alpha value is -4.70. The molecule has 0 bridgehead atoms. The number of amides is 3. The van der Waals surface area contributed by atoms with Gasteiger partial charge in [-0.05, 0) is 91.5 Å². The first-order valence-electron chi connectivity index (χ1n) is 14.6. The zero-order valence-corrected chi connectivity index (χ0v) is 23.7. The summed E-state index contributed by atoms with van der Waals surface area (Å²) < 4.78 is 12.1. The third-order valence-electron chi connectivity index (χ3n) is 8.33. The first-order valence-corrected chi connectivity index (χ1v) is 14.6. The number of likely N-dealkylation sites (tertiary alicyclic amines) is 1. The molecule has 3 aromatic carbocycles. The van der Waals surface area contributed by atoms with E-state index < -0.39 is 17.9 Å². The van der Waals surface area contributed by atoms with E-state index in [0.29, 0.717) is 42.4 Å². The van der Waals surface area contributed by atoms with E-state index in [9.17, 15) is 19.2 Å². The molecule has 0 aromatic heterocycles. The van der Waals surface area contributed by atoms with Gasteiger partial charge in [0.05, 0.1) is 5.56 Å². The number of carboxylic acid groups (broad SMARTS) is 1. The fourth-order valence-electron chi connectivity index (χ4n) is 5.99. The number of aromatic carboxylic acids is 1. The Morgan fingerprint density at radius 3 is 2.35 bits per heavy atom. The van der Waals surface area contributed by atoms with Crippen molar-refractivity contribution in [2.45, 2.75) is 57.3 Å². The summed E-state index contributed by atoms with van der Waals surface area (Å²) in [5, 5.41) is 11.4. The van der Waals surface area contributed by atoms with Crippen molar-refractivity contribution >= 4 is 23.7 Å². The van der Waals surface area contributed by atoms with Gasteiger partial charge < -0.3 is 19.5 Å². The molecule has 3 heterocycles. The third-order valence-corrected chi connectivity index (χ3v) is 8.33. The van der Waals surface area contributed by atoms with Crippen LogP contribution in [-0.2, 0) is 22.7 Å². The average molecular weight is 584 g/mol. The van der Waals surface area contributed by atoms with Crippen LogP contribution in [0, 0.1) is 0 Å². The molecule has 10 nitrogen and oxygen atoms in total. The largest absolute Gasteiger partial charge is 0.492 e. The lowest BCUT2D eigenvalue weighted by molar-refractivity contribution is -0.136. The van der Waals surface area contributed by atoms with Crippen LogP contribution in [0.3, 0.4) is 0 Å². The van der Waals surface area contributed by atoms with Gasteiger partial charge in [-0.2, -0.15) is 0 Å². The van der Waals surface area contributed by atoms with Crippen molar-refractivity contribution in [1.29, 1.82) is 0 Å². The zero-order valence-electron chi connectivity index (χ0n) is 23.7. The number of fused-ring (bicyclic) bond motifs is 1. The van der Waals surface area contributed by atoms with Crippen LogP contribution in [-0.4, -0.2) is 63.8 Å². The summed E-state index contributed by atoms with van der Waals surface area (Å²) in [6, 6.07) is 19.3. The lowest BCUT2D eigenvalue weighted by atomic mass is 10.0. The van der Waals surface area contributed by atoms with Crippen molar-refractivity contribution in [2.24, 2.45) is 0 Å². The SMILES string of the molecule is O=C1CCC(N2Cc3cc(OC[C@H]4CCCCN4Cc4ccc(Oc5ccc(C(=O)O)cc5)cc4)ccc3C2=O)C(=O)N1. The summed E-state index contributed by atoms with van der Waals surface area (Å²) in [4.78, 5) is 51.9. The number of carboxylic acids is 1. The molecular formula is C33H33N3O7. The fraction of sp³-hybridized carbons (Fsp3) is 0.333. The normalized spacial score (nSPS) is 20.5. The number of nitrogens with zero attached hydrogens (tertiary/aromatic N) is 2. The Kier molecular flexibility index (Phi) is 8.11. The molecular weight excluding hydrogens is 550 g/mol. The number of hydrogen-bond acceptors (Lipinski definition) is 7. The van der Waals surface area contributed by atoms with Gasteiger partial charge in [0.25, 0.3) is 5.91 Å². The van der Waals surface area contributed by atoms with Crippen LogP contribution in [0.15, 0.2) is 66.7 Å². The number of rotatable bonds is 9. The highest BCUT2D eigenvalue weighted by molar-refractivity contribution is 6.05. The monoisotopic (exact) mass is 583 g/mol. The first kappa shape index (κ1) is 28.4. The van der Waals surface area contributed by atoms with Gasteiger partial charge in [-0.1, -0.05) is 18.6 Å². The van der Waals surface area contributed by atoms with Gasteiger partial charge in [-0.3, -0.25) is 24.6 Å². The van der Waals surface area contributed by atoms with Crippen molar-refractivity contribution in [3.05, 3.63) is 89.0 Å². The predicted octanol–water partition coefficient (Wildman–Crippen LogP) is 4.37. The van der Waals surface area contributed by atoms with E-state index in [1.165, 1.54) is 12.1 Å². The van der Waals surface area contributed by atoms with Gasteiger partial charge >= 0.3 is 5.97 Å². The zero-order chi connectivity index (χ0) is 29.9. The Morgan fingerprint density at radius 2 is 1.63 bits per heavy atom. The average Bonchev–Trinajstić information content (AvgIpc) is 3.33. The van der Waals surface area contributed by atoms with E-state index in [-0.39, 0.29) is 29.8 Å². The van der Waals surface area contributed by atoms with Crippen LogP contribution in [0.25, 0.3) is 0 Å². The summed E-state index contributed by atoms with van der Waals surface area (Å²) >= 11 is 0. The molecule has 222 valence electrons. The minimum Gasteiger partial charge on any atom is -0.492 e. The summed E-state index contributed by atoms with van der Waals surface area (Å²) in [7, 11) is 0. The van der Waals surface area contributed by atoms with E-state index in [2.05, 4.69) is 10.2 Å². The molecule has 10 heteroatoms. The van der Waals surface area contributed by atoms with E-state index in [4.69, 9.17) is 14.6 Å². The summed E-state index contributed by atoms with van der Waals surface area (Å²) in [6.45, 7) is 2.60. The van der Waals surface area contributed by atoms with Crippen LogP contribution < -0.4 is 14.8 Å². The lowest BCUT2D eigenvalue weighted by Crippen LogP contribution is -2.52. The molecule has 3 aromatic rings. The van der Waals surface area contributed by atoms with Gasteiger partial charge in [0.2, 0.25) is 11.8 Å². The van der Waals surface area contributed by atoms with Crippen LogP contribution in [0.4, 0.5) is 0 Å². The van der Waals surface area contributed by atoms with Gasteiger partial charge in [-0.15, -0.1) is 0 Å². The van der Waals surface area contributed by atoms with Crippen LogP contribution in [0.2, 0.25) is 0 Å². The second-order valence-electron chi connectivity index (χ2n) is 11.2. The first-order chi connectivity index (χ1) is 20.8. The smallest absolute Gasteiger partial charge is 0.335 e. The Bertz CT molecular complexity index is 1540. The van der Waals surface area contributed by atoms with Gasteiger partial charge in [-0.25, -0.2) is 4.79 Å². The van der Waals surface area contributed by atoms with Crippen molar-refractivity contribution in [2.75, 3.05) is 13.2 Å². The Labute approximate surface area is 249 Å². The molecule has 2 atom stereocenters. The van der Waals surface area contributed by atoms with Gasteiger partial charge in [0.15, 0.2) is 0 Å². The van der Waals surface area contributed by atoms with Crippen molar-refractivity contribution in [3.63, 3.8) is 0 Å². The highest BCUT2D eigenvalue weighted by Gasteiger charge is 2.39.